The van der Waals surface area contributed by atoms with Gasteiger partial charge in [0.15, 0.2) is 0 Å². The van der Waals surface area contributed by atoms with Crippen LogP contribution in [0.4, 0.5) is 5.69 Å². The molecule has 1 aliphatic heterocycles. The van der Waals surface area contributed by atoms with Crippen LogP contribution in [0.2, 0.25) is 0 Å². The van der Waals surface area contributed by atoms with Gasteiger partial charge in [0.1, 0.15) is 0 Å². The molecule has 5 heteroatoms. The predicted octanol–water partition coefficient (Wildman–Crippen LogP) is 5.01. The number of carbonyl (C=O) groups excluding carboxylic acids is 1. The Balaban J connectivity index is 1.55. The van der Waals surface area contributed by atoms with Gasteiger partial charge < -0.3 is 5.32 Å². The summed E-state index contributed by atoms with van der Waals surface area (Å²) in [4.78, 5) is 17.8. The molecule has 0 bridgehead atoms. The minimum atomic E-state index is 0.0546. The summed E-state index contributed by atoms with van der Waals surface area (Å²) >= 11 is 3.60. The first-order valence-electron chi connectivity index (χ1n) is 8.83. The fourth-order valence-electron chi connectivity index (χ4n) is 3.58. The second kappa shape index (κ2) is 7.35. The summed E-state index contributed by atoms with van der Waals surface area (Å²) in [5, 5.41) is 7.39. The molecule has 134 valence electrons. The summed E-state index contributed by atoms with van der Waals surface area (Å²) in [6.07, 6.45) is 1.02. The van der Waals surface area contributed by atoms with E-state index in [9.17, 15) is 4.79 Å². The molecule has 1 N–H and O–H groups in total. The van der Waals surface area contributed by atoms with Gasteiger partial charge in [-0.25, -0.2) is 0 Å². The normalized spacial score (nSPS) is 17.1. The summed E-state index contributed by atoms with van der Waals surface area (Å²) in [5.74, 6) is 0.0546. The number of rotatable bonds is 4. The van der Waals surface area contributed by atoms with E-state index in [1.807, 2.05) is 23.5 Å². The molecule has 0 spiro atoms. The van der Waals surface area contributed by atoms with Gasteiger partial charge in [-0.15, -0.1) is 22.7 Å². The number of fused-ring (bicyclic) bond motifs is 1. The number of amides is 1. The molecule has 0 saturated heterocycles. The van der Waals surface area contributed by atoms with E-state index in [2.05, 4.69) is 59.1 Å². The summed E-state index contributed by atoms with van der Waals surface area (Å²) in [5.41, 5.74) is 4.61. The molecular weight excluding hydrogens is 360 g/mol. The molecule has 1 amide bonds. The molecule has 1 unspecified atom stereocenters. The number of nitrogens with one attached hydrogen (secondary N) is 1. The molecule has 1 aliphatic rings. The van der Waals surface area contributed by atoms with Gasteiger partial charge in [0.05, 0.1) is 12.6 Å². The Bertz CT molecular complexity index is 914. The van der Waals surface area contributed by atoms with Gasteiger partial charge in [0.25, 0.3) is 0 Å². The number of benzene rings is 1. The Hall–Kier alpha value is -1.95. The lowest BCUT2D eigenvalue weighted by atomic mass is 9.98. The van der Waals surface area contributed by atoms with Gasteiger partial charge in [0, 0.05) is 22.0 Å². The predicted molar refractivity (Wildman–Crippen MR) is 110 cm³/mol. The van der Waals surface area contributed by atoms with E-state index in [0.717, 1.165) is 24.2 Å². The molecule has 3 aromatic rings. The van der Waals surface area contributed by atoms with Crippen molar-refractivity contribution in [2.45, 2.75) is 26.3 Å². The molecule has 2 aromatic heterocycles. The van der Waals surface area contributed by atoms with Crippen LogP contribution in [0.25, 0.3) is 0 Å². The molecule has 0 aliphatic carbocycles. The van der Waals surface area contributed by atoms with Gasteiger partial charge in [0.2, 0.25) is 5.91 Å². The Labute approximate surface area is 162 Å². The van der Waals surface area contributed by atoms with Crippen LogP contribution in [0, 0.1) is 13.8 Å². The van der Waals surface area contributed by atoms with E-state index >= 15 is 0 Å². The average molecular weight is 383 g/mol. The first-order valence-corrected chi connectivity index (χ1v) is 10.6. The third-order valence-corrected chi connectivity index (χ3v) is 7.03. The van der Waals surface area contributed by atoms with Crippen LogP contribution in [0.5, 0.6) is 0 Å². The minimum absolute atomic E-state index is 0.0546. The van der Waals surface area contributed by atoms with Crippen molar-refractivity contribution in [1.29, 1.82) is 0 Å². The van der Waals surface area contributed by atoms with E-state index in [1.165, 1.54) is 20.9 Å². The van der Waals surface area contributed by atoms with Crippen molar-refractivity contribution >= 4 is 34.3 Å². The van der Waals surface area contributed by atoms with E-state index in [0.29, 0.717) is 6.54 Å². The molecular formula is C21H22N2OS2. The van der Waals surface area contributed by atoms with E-state index < -0.39 is 0 Å². The van der Waals surface area contributed by atoms with Crippen molar-refractivity contribution in [3.05, 3.63) is 73.6 Å². The van der Waals surface area contributed by atoms with Crippen LogP contribution >= 0.6 is 22.7 Å². The average Bonchev–Trinajstić information content (AvgIpc) is 3.30. The monoisotopic (exact) mass is 382 g/mol. The molecule has 0 radical (unpaired) electrons. The van der Waals surface area contributed by atoms with Gasteiger partial charge in [-0.1, -0.05) is 18.2 Å². The highest BCUT2D eigenvalue weighted by Crippen LogP contribution is 2.39. The lowest BCUT2D eigenvalue weighted by Crippen LogP contribution is -2.40. The van der Waals surface area contributed by atoms with E-state index in [-0.39, 0.29) is 11.9 Å². The van der Waals surface area contributed by atoms with Crippen LogP contribution in [0.1, 0.15) is 32.5 Å². The molecule has 26 heavy (non-hydrogen) atoms. The van der Waals surface area contributed by atoms with Crippen molar-refractivity contribution in [3.63, 3.8) is 0 Å². The molecule has 1 atom stereocenters. The molecule has 3 nitrogen and oxygen atoms in total. The summed E-state index contributed by atoms with van der Waals surface area (Å²) < 4.78 is 0. The highest BCUT2D eigenvalue weighted by Gasteiger charge is 2.31. The molecule has 1 aromatic carbocycles. The summed E-state index contributed by atoms with van der Waals surface area (Å²) in [6, 6.07) is 12.7. The Morgan fingerprint density at radius 2 is 2.04 bits per heavy atom. The maximum Gasteiger partial charge on any atom is 0.238 e. The number of thiophene rings is 2. The number of aryl methyl sites for hydroxylation is 1. The molecule has 0 fully saturated rings. The van der Waals surface area contributed by atoms with Crippen molar-refractivity contribution < 1.29 is 4.79 Å². The van der Waals surface area contributed by atoms with E-state index in [4.69, 9.17) is 0 Å². The number of hydrogen-bond acceptors (Lipinski definition) is 4. The zero-order chi connectivity index (χ0) is 18.1. The smallest absolute Gasteiger partial charge is 0.238 e. The van der Waals surface area contributed by atoms with Crippen molar-refractivity contribution in [1.82, 2.24) is 4.90 Å². The van der Waals surface area contributed by atoms with Crippen LogP contribution in [0.3, 0.4) is 0 Å². The molecule has 0 saturated carbocycles. The quantitative estimate of drug-likeness (QED) is 0.688. The maximum atomic E-state index is 12.8. The lowest BCUT2D eigenvalue weighted by Gasteiger charge is -2.34. The number of carbonyl (C=O) groups is 1. The fourth-order valence-corrected chi connectivity index (χ4v) is 5.36. The topological polar surface area (TPSA) is 32.3 Å². The van der Waals surface area contributed by atoms with Crippen LogP contribution in [-0.4, -0.2) is 23.9 Å². The fraction of sp³-hybridized carbons (Fsp3) is 0.286. The first-order chi connectivity index (χ1) is 12.6. The zero-order valence-corrected chi connectivity index (χ0v) is 16.6. The second-order valence-electron chi connectivity index (χ2n) is 6.73. The minimum Gasteiger partial charge on any atom is -0.325 e. The van der Waals surface area contributed by atoms with E-state index in [1.54, 1.807) is 11.3 Å². The van der Waals surface area contributed by atoms with Crippen molar-refractivity contribution in [2.24, 2.45) is 0 Å². The van der Waals surface area contributed by atoms with Crippen LogP contribution in [0.15, 0.2) is 47.2 Å². The third kappa shape index (κ3) is 3.34. The lowest BCUT2D eigenvalue weighted by molar-refractivity contribution is -0.117. The van der Waals surface area contributed by atoms with Gasteiger partial charge in [-0.05, 0) is 65.9 Å². The third-order valence-electron chi connectivity index (χ3n) is 5.10. The highest BCUT2D eigenvalue weighted by atomic mass is 32.1. The zero-order valence-electron chi connectivity index (χ0n) is 15.0. The van der Waals surface area contributed by atoms with Gasteiger partial charge >= 0.3 is 0 Å². The van der Waals surface area contributed by atoms with Crippen LogP contribution < -0.4 is 5.32 Å². The Kier molecular flexibility index (Phi) is 4.94. The molecule has 3 heterocycles. The maximum absolute atomic E-state index is 12.8. The summed E-state index contributed by atoms with van der Waals surface area (Å²) in [6.45, 7) is 5.44. The van der Waals surface area contributed by atoms with Crippen molar-refractivity contribution in [3.8, 4) is 0 Å². The number of nitrogens with zero attached hydrogens (tertiary/aromatic N) is 1. The van der Waals surface area contributed by atoms with Crippen molar-refractivity contribution in [2.75, 3.05) is 18.4 Å². The Morgan fingerprint density at radius 3 is 2.85 bits per heavy atom. The Morgan fingerprint density at radius 1 is 1.15 bits per heavy atom. The largest absolute Gasteiger partial charge is 0.325 e. The van der Waals surface area contributed by atoms with Crippen LogP contribution in [-0.2, 0) is 11.2 Å². The summed E-state index contributed by atoms with van der Waals surface area (Å²) in [7, 11) is 0. The number of anilines is 1. The first kappa shape index (κ1) is 17.5. The second-order valence-corrected chi connectivity index (χ2v) is 8.71. The SMILES string of the molecule is Cc1cccc(NC(=O)CN2CCc3sccc3C2c2cccs2)c1C. The van der Waals surface area contributed by atoms with Gasteiger partial charge in [-0.3, -0.25) is 9.69 Å². The standard InChI is InChI=1S/C21H22N2OS2/c1-14-5-3-6-17(15(14)2)22-20(24)13-23-10-8-18-16(9-12-26-18)21(23)19-7-4-11-25-19/h3-7,9,11-12,21H,8,10,13H2,1-2H3,(H,22,24). The highest BCUT2D eigenvalue weighted by molar-refractivity contribution is 7.10. The number of hydrogen-bond donors (Lipinski definition) is 1. The van der Waals surface area contributed by atoms with Gasteiger partial charge in [-0.2, -0.15) is 0 Å². The molecule has 4 rings (SSSR count).